The fourth-order valence-corrected chi connectivity index (χ4v) is 3.32. The lowest BCUT2D eigenvalue weighted by molar-refractivity contribution is -0.131. The fraction of sp³-hybridized carbons (Fsp3) is 0.556. The molecule has 1 amide bonds. The van der Waals surface area contributed by atoms with Crippen molar-refractivity contribution < 1.29 is 4.79 Å². The number of rotatable bonds is 6. The normalized spacial score (nSPS) is 18.5. The summed E-state index contributed by atoms with van der Waals surface area (Å²) < 4.78 is 1.60. The van der Waals surface area contributed by atoms with E-state index in [0.717, 1.165) is 49.6 Å². The van der Waals surface area contributed by atoms with Gasteiger partial charge in [-0.1, -0.05) is 12.1 Å². The Balaban J connectivity index is 1.25. The summed E-state index contributed by atoms with van der Waals surface area (Å²) in [6.07, 6.45) is 6.91. The summed E-state index contributed by atoms with van der Waals surface area (Å²) in [7, 11) is 0. The number of hydrogen-bond donors (Lipinski definition) is 1. The highest BCUT2D eigenvalue weighted by Crippen LogP contribution is 2.28. The lowest BCUT2D eigenvalue weighted by Crippen LogP contribution is -2.45. The van der Waals surface area contributed by atoms with Gasteiger partial charge < -0.3 is 10.2 Å². The first-order chi connectivity index (χ1) is 12.3. The highest BCUT2D eigenvalue weighted by atomic mass is 16.2. The van der Waals surface area contributed by atoms with E-state index in [2.05, 4.69) is 20.8 Å². The van der Waals surface area contributed by atoms with Gasteiger partial charge in [0.25, 0.3) is 0 Å². The molecule has 0 bridgehead atoms. The Morgan fingerprint density at radius 2 is 1.88 bits per heavy atom. The highest BCUT2D eigenvalue weighted by molar-refractivity contribution is 5.79. The van der Waals surface area contributed by atoms with E-state index < -0.39 is 0 Å². The molecule has 1 aliphatic carbocycles. The van der Waals surface area contributed by atoms with Crippen molar-refractivity contribution in [1.82, 2.24) is 30.4 Å². The van der Waals surface area contributed by atoms with E-state index in [1.54, 1.807) is 11.0 Å². The first-order valence-corrected chi connectivity index (χ1v) is 9.11. The third-order valence-electron chi connectivity index (χ3n) is 5.15. The van der Waals surface area contributed by atoms with Crippen LogP contribution in [0.4, 0.5) is 0 Å². The highest BCUT2D eigenvalue weighted by Gasteiger charge is 2.25. The second-order valence-electron chi connectivity index (χ2n) is 7.10. The zero-order chi connectivity index (χ0) is 17.1. The number of piperidine rings is 1. The lowest BCUT2D eigenvalue weighted by Gasteiger charge is -2.32. The molecule has 1 aromatic carbocycles. The van der Waals surface area contributed by atoms with Crippen molar-refractivity contribution in [2.75, 3.05) is 19.6 Å². The largest absolute Gasteiger partial charge is 0.342 e. The van der Waals surface area contributed by atoms with E-state index in [9.17, 15) is 4.79 Å². The summed E-state index contributed by atoms with van der Waals surface area (Å²) in [4.78, 5) is 14.5. The van der Waals surface area contributed by atoms with Gasteiger partial charge in [-0.25, -0.2) is 4.68 Å². The maximum atomic E-state index is 12.5. The number of nitrogens with zero attached hydrogens (tertiary/aromatic N) is 5. The Bertz CT molecular complexity index is 687. The summed E-state index contributed by atoms with van der Waals surface area (Å²) in [6, 6.07) is 8.40. The molecule has 1 N–H and O–H groups in total. The van der Waals surface area contributed by atoms with Gasteiger partial charge in [0.1, 0.15) is 6.33 Å². The van der Waals surface area contributed by atoms with Gasteiger partial charge in [-0.2, -0.15) is 0 Å². The third kappa shape index (κ3) is 4.22. The summed E-state index contributed by atoms with van der Waals surface area (Å²) in [5.74, 6) is 1.13. The van der Waals surface area contributed by atoms with Crippen LogP contribution in [-0.4, -0.2) is 56.7 Å². The van der Waals surface area contributed by atoms with Crippen LogP contribution in [0.1, 0.15) is 31.2 Å². The predicted molar refractivity (Wildman–Crippen MR) is 93.2 cm³/mol. The van der Waals surface area contributed by atoms with E-state index in [-0.39, 0.29) is 5.91 Å². The van der Waals surface area contributed by atoms with Crippen molar-refractivity contribution in [3.63, 3.8) is 0 Å². The molecule has 0 unspecified atom stereocenters. The second kappa shape index (κ2) is 7.31. The molecule has 25 heavy (non-hydrogen) atoms. The Kier molecular flexibility index (Phi) is 4.74. The van der Waals surface area contributed by atoms with Crippen molar-refractivity contribution in [1.29, 1.82) is 0 Å². The molecular formula is C18H24N6O. The monoisotopic (exact) mass is 340 g/mol. The molecule has 1 aliphatic heterocycles. The van der Waals surface area contributed by atoms with Crippen LogP contribution in [0, 0.1) is 5.92 Å². The van der Waals surface area contributed by atoms with Crippen LogP contribution in [0.3, 0.4) is 0 Å². The Hall–Kier alpha value is -2.28. The number of aromatic nitrogens is 4. The average Bonchev–Trinajstić information content (AvgIpc) is 3.32. The summed E-state index contributed by atoms with van der Waals surface area (Å²) >= 11 is 0. The SMILES string of the molecule is O=C(Cc1ccc(-n2cnnn2)cc1)N1CCC(NCC2CC2)CC1. The Morgan fingerprint density at radius 3 is 2.52 bits per heavy atom. The molecule has 0 atom stereocenters. The molecular weight excluding hydrogens is 316 g/mol. The van der Waals surface area contributed by atoms with Crippen LogP contribution in [0.2, 0.25) is 0 Å². The number of benzene rings is 1. The number of carbonyl (C=O) groups excluding carboxylic acids is 1. The van der Waals surface area contributed by atoms with Crippen LogP contribution < -0.4 is 5.32 Å². The van der Waals surface area contributed by atoms with Gasteiger partial charge in [0.05, 0.1) is 12.1 Å². The summed E-state index contributed by atoms with van der Waals surface area (Å²) in [6.45, 7) is 2.89. The molecule has 7 nitrogen and oxygen atoms in total. The van der Waals surface area contributed by atoms with Gasteiger partial charge in [0, 0.05) is 19.1 Å². The van der Waals surface area contributed by atoms with E-state index in [1.807, 2.05) is 29.2 Å². The van der Waals surface area contributed by atoms with E-state index >= 15 is 0 Å². The van der Waals surface area contributed by atoms with E-state index in [4.69, 9.17) is 0 Å². The van der Waals surface area contributed by atoms with Crippen molar-refractivity contribution in [2.24, 2.45) is 5.92 Å². The zero-order valence-corrected chi connectivity index (χ0v) is 14.3. The van der Waals surface area contributed by atoms with Gasteiger partial charge >= 0.3 is 0 Å². The standard InChI is InChI=1S/C18H24N6O/c25-18(23-9-7-16(8-10-23)19-12-15-1-2-15)11-14-3-5-17(6-4-14)24-13-20-21-22-24/h3-6,13,15-16,19H,1-2,7-12H2. The average molecular weight is 340 g/mol. The Morgan fingerprint density at radius 1 is 1.12 bits per heavy atom. The molecule has 0 radical (unpaired) electrons. The number of nitrogens with one attached hydrogen (secondary N) is 1. The smallest absolute Gasteiger partial charge is 0.226 e. The number of tetrazole rings is 1. The Labute approximate surface area is 147 Å². The molecule has 2 fully saturated rings. The molecule has 7 heteroatoms. The van der Waals surface area contributed by atoms with Gasteiger partial charge in [-0.3, -0.25) is 4.79 Å². The minimum Gasteiger partial charge on any atom is -0.342 e. The maximum absolute atomic E-state index is 12.5. The molecule has 0 spiro atoms. The molecule has 2 aliphatic rings. The first-order valence-electron chi connectivity index (χ1n) is 9.11. The van der Waals surface area contributed by atoms with Gasteiger partial charge in [-0.05, 0) is 66.3 Å². The van der Waals surface area contributed by atoms with Gasteiger partial charge in [0.2, 0.25) is 5.91 Å². The topological polar surface area (TPSA) is 75.9 Å². The van der Waals surface area contributed by atoms with Crippen molar-refractivity contribution >= 4 is 5.91 Å². The number of carbonyl (C=O) groups is 1. The summed E-state index contributed by atoms with van der Waals surface area (Å²) in [5.41, 5.74) is 1.92. The van der Waals surface area contributed by atoms with Crippen LogP contribution in [0.5, 0.6) is 0 Å². The maximum Gasteiger partial charge on any atom is 0.226 e. The van der Waals surface area contributed by atoms with Crippen molar-refractivity contribution in [3.8, 4) is 5.69 Å². The molecule has 132 valence electrons. The van der Waals surface area contributed by atoms with Gasteiger partial charge in [-0.15, -0.1) is 5.10 Å². The minimum absolute atomic E-state index is 0.218. The van der Waals surface area contributed by atoms with Crippen LogP contribution >= 0.6 is 0 Å². The van der Waals surface area contributed by atoms with E-state index in [0.29, 0.717) is 12.5 Å². The second-order valence-corrected chi connectivity index (χ2v) is 7.10. The molecule has 1 saturated heterocycles. The molecule has 2 heterocycles. The zero-order valence-electron chi connectivity index (χ0n) is 14.3. The fourth-order valence-electron chi connectivity index (χ4n) is 3.32. The van der Waals surface area contributed by atoms with Crippen LogP contribution in [0.15, 0.2) is 30.6 Å². The van der Waals surface area contributed by atoms with Crippen LogP contribution in [0.25, 0.3) is 5.69 Å². The molecule has 1 aromatic heterocycles. The number of hydrogen-bond acceptors (Lipinski definition) is 5. The first kappa shape index (κ1) is 16.2. The van der Waals surface area contributed by atoms with Crippen molar-refractivity contribution in [3.05, 3.63) is 36.2 Å². The predicted octanol–water partition coefficient (Wildman–Crippen LogP) is 1.20. The van der Waals surface area contributed by atoms with Crippen molar-refractivity contribution in [2.45, 2.75) is 38.1 Å². The number of amides is 1. The molecule has 1 saturated carbocycles. The minimum atomic E-state index is 0.218. The third-order valence-corrected chi connectivity index (χ3v) is 5.15. The summed E-state index contributed by atoms with van der Waals surface area (Å²) in [5, 5.41) is 14.8. The van der Waals surface area contributed by atoms with Crippen LogP contribution in [-0.2, 0) is 11.2 Å². The lowest BCUT2D eigenvalue weighted by atomic mass is 10.0. The quantitative estimate of drug-likeness (QED) is 0.855. The molecule has 4 rings (SSSR count). The molecule has 2 aromatic rings. The number of likely N-dealkylation sites (tertiary alicyclic amines) is 1. The van der Waals surface area contributed by atoms with E-state index in [1.165, 1.54) is 12.8 Å². The van der Waals surface area contributed by atoms with Gasteiger partial charge in [0.15, 0.2) is 0 Å².